The molecule has 18 heavy (non-hydrogen) atoms. The van der Waals surface area contributed by atoms with Crippen LogP contribution in [0.1, 0.15) is 25.3 Å². The lowest BCUT2D eigenvalue weighted by Crippen LogP contribution is -2.48. The number of likely N-dealkylation sites (N-methyl/N-ethyl adjacent to an activating group) is 1. The number of rotatable bonds is 2. The third-order valence-corrected chi connectivity index (χ3v) is 4.26. The Hall–Kier alpha value is -0.570. The fourth-order valence-corrected chi connectivity index (χ4v) is 3.17. The van der Waals surface area contributed by atoms with Crippen LogP contribution in [0.3, 0.4) is 0 Å². The molecule has 2 rings (SSSR count). The lowest BCUT2D eigenvalue weighted by molar-refractivity contribution is 0.0149. The van der Waals surface area contributed by atoms with Crippen LogP contribution in [-0.2, 0) is 0 Å². The summed E-state index contributed by atoms with van der Waals surface area (Å²) in [5.74, 6) is 1.27. The minimum Gasteiger partial charge on any atom is -0.391 e. The molecule has 1 N–H and O–H groups in total. The van der Waals surface area contributed by atoms with Gasteiger partial charge in [-0.3, -0.25) is 0 Å². The number of hydrogen-bond acceptors (Lipinski definition) is 2. The molecule has 3 atom stereocenters. The van der Waals surface area contributed by atoms with Crippen molar-refractivity contribution in [2.45, 2.75) is 25.9 Å². The van der Waals surface area contributed by atoms with Crippen LogP contribution >= 0.6 is 11.6 Å². The van der Waals surface area contributed by atoms with Crippen LogP contribution in [0, 0.1) is 11.8 Å². The molecule has 0 radical (unpaired) electrons. The fourth-order valence-electron chi connectivity index (χ4n) is 3.05. The van der Waals surface area contributed by atoms with E-state index in [9.17, 15) is 5.11 Å². The Kier molecular flexibility index (Phi) is 4.31. The van der Waals surface area contributed by atoms with Crippen LogP contribution in [0.5, 0.6) is 0 Å². The molecule has 1 aliphatic heterocycles. The summed E-state index contributed by atoms with van der Waals surface area (Å²) in [6, 6.07) is 7.94. The molecular formula is C15H22ClNO. The van der Waals surface area contributed by atoms with Crippen molar-refractivity contribution in [1.82, 2.24) is 4.90 Å². The molecule has 2 nitrogen and oxygen atoms in total. The van der Waals surface area contributed by atoms with E-state index in [0.29, 0.717) is 11.8 Å². The van der Waals surface area contributed by atoms with Crippen molar-refractivity contribution >= 4 is 11.6 Å². The van der Waals surface area contributed by atoms with E-state index in [2.05, 4.69) is 37.9 Å². The Morgan fingerprint density at radius 1 is 1.22 bits per heavy atom. The maximum absolute atomic E-state index is 10.4. The first kappa shape index (κ1) is 13.9. The van der Waals surface area contributed by atoms with Crippen LogP contribution in [0.2, 0.25) is 5.02 Å². The van der Waals surface area contributed by atoms with Crippen molar-refractivity contribution in [1.29, 1.82) is 0 Å². The zero-order valence-electron chi connectivity index (χ0n) is 11.3. The highest BCUT2D eigenvalue weighted by Gasteiger charge is 2.37. The molecule has 0 spiro atoms. The maximum atomic E-state index is 10.4. The van der Waals surface area contributed by atoms with Gasteiger partial charge in [0.2, 0.25) is 0 Å². The Bertz CT molecular complexity index is 390. The topological polar surface area (TPSA) is 23.5 Å². The summed E-state index contributed by atoms with van der Waals surface area (Å²) in [7, 11) is 2.08. The second-order valence-corrected chi connectivity index (χ2v) is 6.21. The number of benzene rings is 1. The molecule has 3 unspecified atom stereocenters. The van der Waals surface area contributed by atoms with Gasteiger partial charge in [0, 0.05) is 24.0 Å². The van der Waals surface area contributed by atoms with Gasteiger partial charge in [0.15, 0.2) is 0 Å². The number of nitrogens with zero attached hydrogens (tertiary/aromatic N) is 1. The minimum absolute atomic E-state index is 0.221. The summed E-state index contributed by atoms with van der Waals surface area (Å²) in [5, 5.41) is 11.2. The molecule has 0 aliphatic carbocycles. The van der Waals surface area contributed by atoms with Crippen LogP contribution in [0.15, 0.2) is 24.3 Å². The number of likely N-dealkylation sites (tertiary alicyclic amines) is 1. The molecule has 0 amide bonds. The highest BCUT2D eigenvalue weighted by atomic mass is 35.5. The lowest BCUT2D eigenvalue weighted by Gasteiger charge is -2.42. The number of aliphatic hydroxyl groups excluding tert-OH is 1. The molecule has 1 fully saturated rings. The third kappa shape index (κ3) is 2.87. The van der Waals surface area contributed by atoms with Crippen molar-refractivity contribution in [3.8, 4) is 0 Å². The largest absolute Gasteiger partial charge is 0.391 e. The van der Waals surface area contributed by atoms with Gasteiger partial charge in [0.1, 0.15) is 0 Å². The van der Waals surface area contributed by atoms with Crippen molar-refractivity contribution in [3.05, 3.63) is 34.9 Å². The zero-order chi connectivity index (χ0) is 13.3. The number of halogens is 1. The van der Waals surface area contributed by atoms with E-state index in [0.717, 1.165) is 18.1 Å². The average molecular weight is 268 g/mol. The molecule has 0 bridgehead atoms. The van der Waals surface area contributed by atoms with Gasteiger partial charge in [0.25, 0.3) is 0 Å². The van der Waals surface area contributed by atoms with Gasteiger partial charge in [-0.15, -0.1) is 0 Å². The van der Waals surface area contributed by atoms with E-state index < -0.39 is 0 Å². The summed E-state index contributed by atoms with van der Waals surface area (Å²) in [6.07, 6.45) is -0.294. The van der Waals surface area contributed by atoms with Crippen LogP contribution < -0.4 is 0 Å². The molecule has 1 heterocycles. The fraction of sp³-hybridized carbons (Fsp3) is 0.600. The number of piperidine rings is 1. The van der Waals surface area contributed by atoms with E-state index in [1.165, 1.54) is 5.56 Å². The van der Waals surface area contributed by atoms with Gasteiger partial charge < -0.3 is 10.0 Å². The van der Waals surface area contributed by atoms with Gasteiger partial charge in [-0.05, 0) is 36.6 Å². The van der Waals surface area contributed by atoms with Crippen molar-refractivity contribution in [3.63, 3.8) is 0 Å². The average Bonchev–Trinajstić information content (AvgIpc) is 2.29. The van der Waals surface area contributed by atoms with Crippen molar-refractivity contribution in [2.24, 2.45) is 11.8 Å². The Balaban J connectivity index is 2.29. The van der Waals surface area contributed by atoms with E-state index >= 15 is 0 Å². The standard InChI is InChI=1S/C15H22ClNO/c1-10(2)13-8-17(3)9-14(18)15(13)11-4-6-12(16)7-5-11/h4-7,10,13-15,18H,8-9H2,1-3H3. The lowest BCUT2D eigenvalue weighted by atomic mass is 9.73. The smallest absolute Gasteiger partial charge is 0.0738 e. The second-order valence-electron chi connectivity index (χ2n) is 5.77. The van der Waals surface area contributed by atoms with Gasteiger partial charge >= 0.3 is 0 Å². The predicted molar refractivity (Wildman–Crippen MR) is 76.0 cm³/mol. The molecular weight excluding hydrogens is 246 g/mol. The maximum Gasteiger partial charge on any atom is 0.0738 e. The third-order valence-electron chi connectivity index (χ3n) is 4.01. The van der Waals surface area contributed by atoms with E-state index in [1.807, 2.05) is 12.1 Å². The minimum atomic E-state index is -0.294. The first-order chi connectivity index (χ1) is 8.49. The normalized spacial score (nSPS) is 29.8. The predicted octanol–water partition coefficient (Wildman–Crippen LogP) is 3.00. The number of hydrogen-bond donors (Lipinski definition) is 1. The Morgan fingerprint density at radius 2 is 1.83 bits per heavy atom. The van der Waals surface area contributed by atoms with E-state index in [1.54, 1.807) is 0 Å². The summed E-state index contributed by atoms with van der Waals surface area (Å²) in [4.78, 5) is 2.22. The Morgan fingerprint density at radius 3 is 2.39 bits per heavy atom. The van der Waals surface area contributed by atoms with Crippen LogP contribution in [0.4, 0.5) is 0 Å². The van der Waals surface area contributed by atoms with Gasteiger partial charge in [-0.1, -0.05) is 37.6 Å². The molecule has 1 aromatic carbocycles. The monoisotopic (exact) mass is 267 g/mol. The number of aliphatic hydroxyl groups is 1. The van der Waals surface area contributed by atoms with Crippen LogP contribution in [0.25, 0.3) is 0 Å². The first-order valence-corrected chi connectivity index (χ1v) is 6.99. The summed E-state index contributed by atoms with van der Waals surface area (Å²) in [5.41, 5.74) is 1.21. The molecule has 0 saturated carbocycles. The molecule has 1 aliphatic rings. The van der Waals surface area contributed by atoms with Crippen molar-refractivity contribution < 1.29 is 5.11 Å². The quantitative estimate of drug-likeness (QED) is 0.891. The first-order valence-electron chi connectivity index (χ1n) is 6.61. The molecule has 1 aromatic rings. The van der Waals surface area contributed by atoms with Crippen LogP contribution in [-0.4, -0.2) is 36.2 Å². The molecule has 1 saturated heterocycles. The summed E-state index contributed by atoms with van der Waals surface area (Å²) >= 11 is 5.94. The van der Waals surface area contributed by atoms with Gasteiger partial charge in [0.05, 0.1) is 6.10 Å². The second kappa shape index (κ2) is 5.60. The van der Waals surface area contributed by atoms with E-state index in [-0.39, 0.29) is 12.0 Å². The molecule has 3 heteroatoms. The molecule has 100 valence electrons. The van der Waals surface area contributed by atoms with Gasteiger partial charge in [-0.2, -0.15) is 0 Å². The summed E-state index contributed by atoms with van der Waals surface area (Å²) in [6.45, 7) is 6.26. The zero-order valence-corrected chi connectivity index (χ0v) is 12.1. The van der Waals surface area contributed by atoms with E-state index in [4.69, 9.17) is 11.6 Å². The van der Waals surface area contributed by atoms with Crippen molar-refractivity contribution in [2.75, 3.05) is 20.1 Å². The highest BCUT2D eigenvalue weighted by molar-refractivity contribution is 6.30. The number of β-amino-alcohol motifs (C(OH)–C–C–N with tert-alkyl or cyclic N) is 1. The highest BCUT2D eigenvalue weighted by Crippen LogP contribution is 2.37. The summed E-state index contributed by atoms with van der Waals surface area (Å²) < 4.78 is 0. The van der Waals surface area contributed by atoms with Gasteiger partial charge in [-0.25, -0.2) is 0 Å². The Labute approximate surface area is 115 Å². The SMILES string of the molecule is CC(C)C1CN(C)CC(O)C1c1ccc(Cl)cc1. The molecule has 0 aromatic heterocycles.